The number of hydrogen-bond donors (Lipinski definition) is 1. The molecule has 5 heteroatoms. The summed E-state index contributed by atoms with van der Waals surface area (Å²) in [6.07, 6.45) is 4.32. The van der Waals surface area contributed by atoms with Crippen molar-refractivity contribution in [2.45, 2.75) is 24.8 Å². The number of nitrogens with zero attached hydrogens (tertiary/aromatic N) is 2. The Morgan fingerprint density at radius 3 is 3.12 bits per heavy atom. The van der Waals surface area contributed by atoms with Gasteiger partial charge in [0.15, 0.2) is 0 Å². The minimum atomic E-state index is -0.140. The van der Waals surface area contributed by atoms with Crippen LogP contribution in [-0.2, 0) is 11.2 Å². The first-order valence-electron chi connectivity index (χ1n) is 8.91. The van der Waals surface area contributed by atoms with E-state index >= 15 is 0 Å². The second-order valence-electron chi connectivity index (χ2n) is 7.56. The molecule has 3 aliphatic rings. The van der Waals surface area contributed by atoms with Crippen molar-refractivity contribution in [3.05, 3.63) is 35.5 Å². The minimum Gasteiger partial charge on any atom is -0.448 e. The second-order valence-corrected chi connectivity index (χ2v) is 7.56. The first kappa shape index (κ1) is 14.3. The summed E-state index contributed by atoms with van der Waals surface area (Å²) >= 11 is 0. The number of amides is 1. The van der Waals surface area contributed by atoms with E-state index in [9.17, 15) is 4.79 Å². The molecule has 1 N–H and O–H groups in total. The van der Waals surface area contributed by atoms with Crippen LogP contribution in [0.25, 0.3) is 10.9 Å². The Balaban J connectivity index is 1.46. The molecule has 5 rings (SSSR count). The van der Waals surface area contributed by atoms with E-state index in [0.717, 1.165) is 32.5 Å². The van der Waals surface area contributed by atoms with Crippen molar-refractivity contribution in [1.82, 2.24) is 14.8 Å². The highest BCUT2D eigenvalue weighted by Crippen LogP contribution is 2.44. The number of hydrogen-bond acceptors (Lipinski definition) is 3. The second kappa shape index (κ2) is 5.24. The van der Waals surface area contributed by atoms with E-state index in [2.05, 4.69) is 41.3 Å². The summed E-state index contributed by atoms with van der Waals surface area (Å²) in [5.41, 5.74) is 4.20. The summed E-state index contributed by atoms with van der Waals surface area (Å²) in [6.45, 7) is 3.16. The van der Waals surface area contributed by atoms with Gasteiger partial charge in [0.25, 0.3) is 0 Å². The van der Waals surface area contributed by atoms with Gasteiger partial charge in [-0.25, -0.2) is 4.79 Å². The first-order chi connectivity index (χ1) is 11.7. The fourth-order valence-corrected chi connectivity index (χ4v) is 5.09. The Labute approximate surface area is 141 Å². The molecule has 5 nitrogen and oxygen atoms in total. The van der Waals surface area contributed by atoms with Crippen molar-refractivity contribution in [2.24, 2.45) is 5.92 Å². The molecule has 126 valence electrons. The zero-order valence-corrected chi connectivity index (χ0v) is 14.0. The van der Waals surface area contributed by atoms with Crippen LogP contribution in [0.15, 0.2) is 24.4 Å². The highest BCUT2D eigenvalue weighted by Gasteiger charge is 2.40. The van der Waals surface area contributed by atoms with E-state index in [1.54, 1.807) is 0 Å². The number of aromatic amines is 1. The van der Waals surface area contributed by atoms with E-state index in [-0.39, 0.29) is 6.09 Å². The highest BCUT2D eigenvalue weighted by atomic mass is 16.6. The van der Waals surface area contributed by atoms with Crippen molar-refractivity contribution >= 4 is 17.0 Å². The van der Waals surface area contributed by atoms with Crippen LogP contribution in [-0.4, -0.2) is 60.2 Å². The number of rotatable bonds is 2. The zero-order valence-electron chi connectivity index (χ0n) is 14.0. The van der Waals surface area contributed by atoms with Gasteiger partial charge in [-0.3, -0.25) is 0 Å². The van der Waals surface area contributed by atoms with Gasteiger partial charge in [0, 0.05) is 42.1 Å². The zero-order chi connectivity index (χ0) is 16.3. The van der Waals surface area contributed by atoms with E-state index in [1.807, 2.05) is 4.90 Å². The van der Waals surface area contributed by atoms with Gasteiger partial charge in [-0.2, -0.15) is 0 Å². The molecule has 1 aromatic heterocycles. The van der Waals surface area contributed by atoms with Crippen LogP contribution in [0.2, 0.25) is 0 Å². The lowest BCUT2D eigenvalue weighted by Crippen LogP contribution is -2.50. The number of H-pyrrole nitrogens is 1. The van der Waals surface area contributed by atoms with Gasteiger partial charge in [-0.05, 0) is 43.0 Å². The molecule has 1 unspecified atom stereocenters. The summed E-state index contributed by atoms with van der Waals surface area (Å²) in [4.78, 5) is 19.6. The van der Waals surface area contributed by atoms with Crippen molar-refractivity contribution < 1.29 is 9.53 Å². The van der Waals surface area contributed by atoms with E-state index in [1.165, 1.54) is 22.0 Å². The molecule has 2 saturated heterocycles. The normalized spacial score (nSPS) is 29.8. The molecular formula is C19H23N3O2. The quantitative estimate of drug-likeness (QED) is 0.923. The third-order valence-corrected chi connectivity index (χ3v) is 6.14. The standard InChI is InChI=1S/C19H23N3O2/c1-21-10-12(11-22-5-6-24-19(22)23)7-15-14-3-2-4-16-18(14)13(9-20-16)8-17(15)21/h2-4,9,12,15,17,20H,5-8,10-11H2,1H3/t12-,15?,17+/m0/s1. The number of benzene rings is 1. The maximum atomic E-state index is 11.8. The minimum absolute atomic E-state index is 0.140. The number of carbonyl (C=O) groups excluding carboxylic acids is 1. The Bertz CT molecular complexity index is 799. The fourth-order valence-electron chi connectivity index (χ4n) is 5.09. The molecule has 3 atom stereocenters. The van der Waals surface area contributed by atoms with Crippen LogP contribution >= 0.6 is 0 Å². The monoisotopic (exact) mass is 325 g/mol. The number of cyclic esters (lactones) is 1. The average Bonchev–Trinajstić information content (AvgIpc) is 3.17. The lowest BCUT2D eigenvalue weighted by molar-refractivity contribution is 0.0933. The van der Waals surface area contributed by atoms with Gasteiger partial charge < -0.3 is 19.5 Å². The molecule has 0 saturated carbocycles. The number of likely N-dealkylation sites (tertiary alicyclic amines) is 1. The average molecular weight is 325 g/mol. The number of aromatic nitrogens is 1. The first-order valence-corrected chi connectivity index (χ1v) is 8.91. The van der Waals surface area contributed by atoms with Gasteiger partial charge in [0.05, 0.1) is 6.54 Å². The third kappa shape index (κ3) is 2.07. The number of fused-ring (bicyclic) bond motifs is 2. The van der Waals surface area contributed by atoms with Gasteiger partial charge in [-0.15, -0.1) is 0 Å². The summed E-state index contributed by atoms with van der Waals surface area (Å²) in [7, 11) is 2.24. The largest absolute Gasteiger partial charge is 0.448 e. The summed E-state index contributed by atoms with van der Waals surface area (Å²) in [5, 5.41) is 1.44. The number of ether oxygens (including phenoxy) is 1. The van der Waals surface area contributed by atoms with Crippen LogP contribution in [0.1, 0.15) is 23.5 Å². The topological polar surface area (TPSA) is 48.6 Å². The van der Waals surface area contributed by atoms with E-state index < -0.39 is 0 Å². The smallest absolute Gasteiger partial charge is 0.409 e. The van der Waals surface area contributed by atoms with Gasteiger partial charge in [-0.1, -0.05) is 12.1 Å². The molecule has 1 aromatic carbocycles. The fraction of sp³-hybridized carbons (Fsp3) is 0.526. The molecule has 3 heterocycles. The molecule has 0 radical (unpaired) electrons. The molecule has 2 aliphatic heterocycles. The Morgan fingerprint density at radius 2 is 2.29 bits per heavy atom. The van der Waals surface area contributed by atoms with Crippen molar-refractivity contribution in [3.63, 3.8) is 0 Å². The summed E-state index contributed by atoms with van der Waals surface area (Å²) in [6, 6.07) is 7.21. The maximum Gasteiger partial charge on any atom is 0.409 e. The molecule has 2 aromatic rings. The number of likely N-dealkylation sites (N-methyl/N-ethyl adjacent to an activating group) is 1. The molecule has 2 fully saturated rings. The van der Waals surface area contributed by atoms with Crippen molar-refractivity contribution in [2.75, 3.05) is 33.3 Å². The number of nitrogens with one attached hydrogen (secondary N) is 1. The Hall–Kier alpha value is -2.01. The van der Waals surface area contributed by atoms with E-state index in [4.69, 9.17) is 4.74 Å². The van der Waals surface area contributed by atoms with Crippen molar-refractivity contribution in [1.29, 1.82) is 0 Å². The van der Waals surface area contributed by atoms with Crippen LogP contribution in [0.3, 0.4) is 0 Å². The van der Waals surface area contributed by atoms with Crippen LogP contribution in [0, 0.1) is 5.92 Å². The van der Waals surface area contributed by atoms with Crippen molar-refractivity contribution in [3.8, 4) is 0 Å². The molecule has 0 bridgehead atoms. The summed E-state index contributed by atoms with van der Waals surface area (Å²) < 4.78 is 5.09. The third-order valence-electron chi connectivity index (χ3n) is 6.14. The number of piperidine rings is 1. The van der Waals surface area contributed by atoms with E-state index in [0.29, 0.717) is 24.5 Å². The molecule has 24 heavy (non-hydrogen) atoms. The van der Waals surface area contributed by atoms with Crippen LogP contribution in [0.4, 0.5) is 4.79 Å². The van der Waals surface area contributed by atoms with Crippen LogP contribution < -0.4 is 0 Å². The molecule has 0 spiro atoms. The highest BCUT2D eigenvalue weighted by molar-refractivity contribution is 5.88. The Morgan fingerprint density at radius 1 is 1.38 bits per heavy atom. The SMILES string of the molecule is CN1C[C@@H](CN2CCOC2=O)CC2c3cccc4[nH]cc(c34)C[C@H]21. The van der Waals surface area contributed by atoms with Gasteiger partial charge in [0.2, 0.25) is 0 Å². The molecule has 1 aliphatic carbocycles. The molecular weight excluding hydrogens is 302 g/mol. The molecule has 1 amide bonds. The van der Waals surface area contributed by atoms with Gasteiger partial charge in [0.1, 0.15) is 6.61 Å². The summed E-state index contributed by atoms with van der Waals surface area (Å²) in [5.74, 6) is 1.07. The lowest BCUT2D eigenvalue weighted by atomic mass is 9.72. The maximum absolute atomic E-state index is 11.8. The predicted molar refractivity (Wildman–Crippen MR) is 92.2 cm³/mol. The Kier molecular flexibility index (Phi) is 3.13. The van der Waals surface area contributed by atoms with Gasteiger partial charge >= 0.3 is 6.09 Å². The predicted octanol–water partition coefficient (Wildman–Crippen LogP) is 2.58. The van der Waals surface area contributed by atoms with Crippen LogP contribution in [0.5, 0.6) is 0 Å². The number of carbonyl (C=O) groups is 1. The lowest BCUT2D eigenvalue weighted by Gasteiger charge is -2.46.